The first-order valence-electron chi connectivity index (χ1n) is 7.85. The molecule has 1 aliphatic rings. The summed E-state index contributed by atoms with van der Waals surface area (Å²) in [6.45, 7) is 8.13. The third kappa shape index (κ3) is 7.39. The molecule has 1 atom stereocenters. The Balaban J connectivity index is 2.24. The Kier molecular flexibility index (Phi) is 9.10. The van der Waals surface area contributed by atoms with Gasteiger partial charge in [-0.3, -0.25) is 4.99 Å². The highest BCUT2D eigenvalue weighted by molar-refractivity contribution is 8.00. The Hall–Kier alpha value is -0.420. The van der Waals surface area contributed by atoms with Gasteiger partial charge < -0.3 is 15.4 Å². The number of unbranched alkanes of at least 4 members (excludes halogenated alkanes) is 2. The summed E-state index contributed by atoms with van der Waals surface area (Å²) in [5.74, 6) is 2.25. The number of rotatable bonds is 9. The molecule has 4 nitrogen and oxygen atoms in total. The van der Waals surface area contributed by atoms with Gasteiger partial charge in [0.25, 0.3) is 0 Å². The molecule has 1 fully saturated rings. The summed E-state index contributed by atoms with van der Waals surface area (Å²) in [5.41, 5.74) is 0. The fourth-order valence-electron chi connectivity index (χ4n) is 2.30. The lowest BCUT2D eigenvalue weighted by molar-refractivity contribution is 0.192. The van der Waals surface area contributed by atoms with Gasteiger partial charge in [-0.25, -0.2) is 0 Å². The van der Waals surface area contributed by atoms with E-state index in [4.69, 9.17) is 9.73 Å². The van der Waals surface area contributed by atoms with Crippen molar-refractivity contribution in [1.82, 2.24) is 10.6 Å². The van der Waals surface area contributed by atoms with Crippen molar-refractivity contribution in [3.63, 3.8) is 0 Å². The summed E-state index contributed by atoms with van der Waals surface area (Å²) in [5, 5.41) is 6.76. The highest BCUT2D eigenvalue weighted by Crippen LogP contribution is 2.37. The maximum Gasteiger partial charge on any atom is 0.191 e. The van der Waals surface area contributed by atoms with E-state index in [9.17, 15) is 0 Å². The fraction of sp³-hybridized carbons (Fsp3) is 0.933. The summed E-state index contributed by atoms with van der Waals surface area (Å²) in [6.07, 6.45) is 6.13. The van der Waals surface area contributed by atoms with Gasteiger partial charge in [0.1, 0.15) is 0 Å². The second-order valence-electron chi connectivity index (χ2n) is 5.58. The summed E-state index contributed by atoms with van der Waals surface area (Å²) in [6, 6.07) is 0. The van der Waals surface area contributed by atoms with Crippen LogP contribution in [0, 0.1) is 0 Å². The Morgan fingerprint density at radius 3 is 2.80 bits per heavy atom. The molecule has 0 aromatic carbocycles. The number of hydrogen-bond acceptors (Lipinski definition) is 3. The van der Waals surface area contributed by atoms with Crippen molar-refractivity contribution in [3.8, 4) is 0 Å². The van der Waals surface area contributed by atoms with Crippen LogP contribution < -0.4 is 10.6 Å². The van der Waals surface area contributed by atoms with Crippen molar-refractivity contribution >= 4 is 17.7 Å². The molecule has 0 spiro atoms. The van der Waals surface area contributed by atoms with Gasteiger partial charge in [0.15, 0.2) is 5.96 Å². The lowest BCUT2D eigenvalue weighted by Gasteiger charge is -2.21. The van der Waals surface area contributed by atoms with Crippen LogP contribution in [0.2, 0.25) is 0 Å². The Bertz CT molecular complexity index is 278. The van der Waals surface area contributed by atoms with Gasteiger partial charge in [-0.15, -0.1) is 0 Å². The average molecular weight is 302 g/mol. The number of aliphatic imine (C=N–C) groups is 1. The molecule has 0 saturated carbocycles. The van der Waals surface area contributed by atoms with E-state index in [0.29, 0.717) is 4.75 Å². The van der Waals surface area contributed by atoms with Gasteiger partial charge in [-0.05, 0) is 51.7 Å². The number of thioether (sulfide) groups is 1. The summed E-state index contributed by atoms with van der Waals surface area (Å²) >= 11 is 2.07. The van der Waals surface area contributed by atoms with E-state index in [2.05, 4.69) is 36.2 Å². The molecule has 118 valence electrons. The molecule has 0 aromatic rings. The minimum Gasteiger partial charge on any atom is -0.385 e. The van der Waals surface area contributed by atoms with Crippen molar-refractivity contribution < 1.29 is 4.74 Å². The van der Waals surface area contributed by atoms with Crippen LogP contribution in [0.5, 0.6) is 0 Å². The van der Waals surface area contributed by atoms with Crippen LogP contribution in [0.1, 0.15) is 46.0 Å². The molecule has 5 heteroatoms. The van der Waals surface area contributed by atoms with Crippen molar-refractivity contribution in [2.24, 2.45) is 4.99 Å². The highest BCUT2D eigenvalue weighted by atomic mass is 32.2. The van der Waals surface area contributed by atoms with E-state index >= 15 is 0 Å². The molecule has 0 bridgehead atoms. The largest absolute Gasteiger partial charge is 0.385 e. The molecular formula is C15H31N3OS. The maximum absolute atomic E-state index is 5.06. The molecule has 2 N–H and O–H groups in total. The predicted molar refractivity (Wildman–Crippen MR) is 89.8 cm³/mol. The van der Waals surface area contributed by atoms with E-state index < -0.39 is 0 Å². The lowest BCUT2D eigenvalue weighted by atomic mass is 10.1. The van der Waals surface area contributed by atoms with E-state index in [1.165, 1.54) is 31.4 Å². The molecule has 1 unspecified atom stereocenters. The zero-order chi connectivity index (χ0) is 14.7. The predicted octanol–water partition coefficient (Wildman–Crippen LogP) is 2.64. The topological polar surface area (TPSA) is 45.7 Å². The number of hydrogen-bond donors (Lipinski definition) is 2. The summed E-state index contributed by atoms with van der Waals surface area (Å²) in [4.78, 5) is 4.75. The SMILES string of the molecule is CCNC(=NCC1(C)CCCS1)NCCCCCOC. The molecule has 0 amide bonds. The zero-order valence-corrected chi connectivity index (χ0v) is 14.2. The Morgan fingerprint density at radius 1 is 1.30 bits per heavy atom. The van der Waals surface area contributed by atoms with Gasteiger partial charge in [0.05, 0.1) is 6.54 Å². The maximum atomic E-state index is 5.06. The van der Waals surface area contributed by atoms with E-state index in [1.54, 1.807) is 7.11 Å². The first kappa shape index (κ1) is 17.6. The first-order chi connectivity index (χ1) is 9.70. The van der Waals surface area contributed by atoms with Crippen LogP contribution in [0.25, 0.3) is 0 Å². The lowest BCUT2D eigenvalue weighted by Crippen LogP contribution is -2.39. The van der Waals surface area contributed by atoms with Crippen molar-refractivity contribution in [3.05, 3.63) is 0 Å². The highest BCUT2D eigenvalue weighted by Gasteiger charge is 2.29. The van der Waals surface area contributed by atoms with Gasteiger partial charge in [0, 0.05) is 31.6 Å². The second kappa shape index (κ2) is 10.3. The second-order valence-corrected chi connectivity index (χ2v) is 7.26. The number of nitrogens with one attached hydrogen (secondary N) is 2. The number of ether oxygens (including phenoxy) is 1. The Labute approximate surface area is 128 Å². The molecule has 0 aromatic heterocycles. The first-order valence-corrected chi connectivity index (χ1v) is 8.84. The molecule has 20 heavy (non-hydrogen) atoms. The van der Waals surface area contributed by atoms with Crippen molar-refractivity contribution in [2.45, 2.75) is 50.7 Å². The van der Waals surface area contributed by atoms with Crippen LogP contribution in [-0.2, 0) is 4.74 Å². The molecule has 0 radical (unpaired) electrons. The van der Waals surface area contributed by atoms with Gasteiger partial charge in [0.2, 0.25) is 0 Å². The molecule has 1 aliphatic heterocycles. The van der Waals surface area contributed by atoms with E-state index in [1.807, 2.05) is 0 Å². The number of methoxy groups -OCH3 is 1. The normalized spacial score (nSPS) is 23.1. The molecular weight excluding hydrogens is 270 g/mol. The molecule has 1 heterocycles. The zero-order valence-electron chi connectivity index (χ0n) is 13.3. The standard InChI is InChI=1S/C15H31N3OS/c1-4-16-14(17-10-6-5-7-11-19-3)18-13-15(2)9-8-12-20-15/h4-13H2,1-3H3,(H2,16,17,18). The van der Waals surface area contributed by atoms with Crippen LogP contribution in [0.4, 0.5) is 0 Å². The minimum atomic E-state index is 0.348. The third-order valence-corrected chi connectivity index (χ3v) is 5.06. The summed E-state index contributed by atoms with van der Waals surface area (Å²) in [7, 11) is 1.76. The van der Waals surface area contributed by atoms with Crippen molar-refractivity contribution in [1.29, 1.82) is 0 Å². The van der Waals surface area contributed by atoms with Crippen molar-refractivity contribution in [2.75, 3.05) is 39.1 Å². The van der Waals surface area contributed by atoms with Gasteiger partial charge >= 0.3 is 0 Å². The van der Waals surface area contributed by atoms with E-state index in [-0.39, 0.29) is 0 Å². The van der Waals surface area contributed by atoms with Crippen LogP contribution >= 0.6 is 11.8 Å². The molecule has 1 rings (SSSR count). The van der Waals surface area contributed by atoms with Crippen LogP contribution in [0.3, 0.4) is 0 Å². The number of guanidine groups is 1. The summed E-state index contributed by atoms with van der Waals surface area (Å²) < 4.78 is 5.40. The quantitative estimate of drug-likeness (QED) is 0.390. The average Bonchev–Trinajstić information content (AvgIpc) is 2.87. The number of nitrogens with zero attached hydrogens (tertiary/aromatic N) is 1. The molecule has 1 saturated heterocycles. The van der Waals surface area contributed by atoms with Gasteiger partial charge in [-0.1, -0.05) is 0 Å². The monoisotopic (exact) mass is 301 g/mol. The smallest absolute Gasteiger partial charge is 0.191 e. The Morgan fingerprint density at radius 2 is 2.15 bits per heavy atom. The third-order valence-electron chi connectivity index (χ3n) is 3.53. The molecule has 0 aliphatic carbocycles. The fourth-order valence-corrected chi connectivity index (χ4v) is 3.53. The van der Waals surface area contributed by atoms with Gasteiger partial charge in [-0.2, -0.15) is 11.8 Å². The van der Waals surface area contributed by atoms with E-state index in [0.717, 1.165) is 38.6 Å². The minimum absolute atomic E-state index is 0.348. The van der Waals surface area contributed by atoms with Crippen LogP contribution in [0.15, 0.2) is 4.99 Å². The van der Waals surface area contributed by atoms with Crippen LogP contribution in [-0.4, -0.2) is 49.8 Å².